The zero-order valence-electron chi connectivity index (χ0n) is 14.4. The highest BCUT2D eigenvalue weighted by Crippen LogP contribution is 2.30. The Kier molecular flexibility index (Phi) is 6.02. The number of hydrogen-bond acceptors (Lipinski definition) is 6. The molecule has 1 aromatic carbocycles. The number of fused-ring (bicyclic) bond motifs is 1. The Hall–Kier alpha value is -2.13. The number of hydrogen-bond donors (Lipinski definition) is 1. The zero-order valence-corrected chi connectivity index (χ0v) is 15.3. The number of esters is 1. The first kappa shape index (κ1) is 19.2. The summed E-state index contributed by atoms with van der Waals surface area (Å²) in [4.78, 5) is 24.0. The van der Waals surface area contributed by atoms with Gasteiger partial charge in [-0.3, -0.25) is 9.10 Å². The third-order valence-electron chi connectivity index (χ3n) is 3.83. The molecule has 0 saturated heterocycles. The molecule has 0 unspecified atom stereocenters. The quantitative estimate of drug-likeness (QED) is 0.548. The van der Waals surface area contributed by atoms with Crippen LogP contribution in [0.4, 0.5) is 5.69 Å². The van der Waals surface area contributed by atoms with Gasteiger partial charge in [-0.05, 0) is 37.1 Å². The van der Waals surface area contributed by atoms with Crippen molar-refractivity contribution in [1.82, 2.24) is 5.32 Å². The maximum atomic E-state index is 12.2. The summed E-state index contributed by atoms with van der Waals surface area (Å²) in [6, 6.07) is 4.70. The van der Waals surface area contributed by atoms with Gasteiger partial charge in [0.1, 0.15) is 0 Å². The lowest BCUT2D eigenvalue weighted by Crippen LogP contribution is -2.37. The van der Waals surface area contributed by atoms with Gasteiger partial charge >= 0.3 is 5.97 Å². The third-order valence-corrected chi connectivity index (χ3v) is 5.01. The molecule has 1 aliphatic heterocycles. The molecule has 0 saturated carbocycles. The number of rotatable bonds is 7. The van der Waals surface area contributed by atoms with Crippen LogP contribution >= 0.6 is 0 Å². The smallest absolute Gasteiger partial charge is 0.338 e. The molecule has 0 aromatic heterocycles. The van der Waals surface area contributed by atoms with Crippen LogP contribution in [0.2, 0.25) is 0 Å². The molecule has 138 valence electrons. The summed E-state index contributed by atoms with van der Waals surface area (Å²) < 4.78 is 34.7. The van der Waals surface area contributed by atoms with Crippen LogP contribution in [0.5, 0.6) is 0 Å². The standard InChI is InChI=1S/C16H22N2O6S/c1-11(15(19)17-7-9-23-2)24-16(20)13-4-5-14-12(10-13)6-8-18(14)25(3,21)22/h4-5,10-11H,6-9H2,1-3H3,(H,17,19)/t11-/m1/s1. The van der Waals surface area contributed by atoms with Gasteiger partial charge in [0, 0.05) is 20.2 Å². The monoisotopic (exact) mass is 370 g/mol. The van der Waals surface area contributed by atoms with Crippen molar-refractivity contribution in [3.63, 3.8) is 0 Å². The van der Waals surface area contributed by atoms with E-state index in [0.717, 1.165) is 11.8 Å². The lowest BCUT2D eigenvalue weighted by Gasteiger charge is -2.17. The lowest BCUT2D eigenvalue weighted by atomic mass is 10.1. The van der Waals surface area contributed by atoms with E-state index >= 15 is 0 Å². The number of carbonyl (C=O) groups excluding carboxylic acids is 2. The molecule has 0 fully saturated rings. The Morgan fingerprint density at radius 3 is 2.72 bits per heavy atom. The number of nitrogens with one attached hydrogen (secondary N) is 1. The molecule has 1 heterocycles. The van der Waals surface area contributed by atoms with E-state index in [0.29, 0.717) is 31.8 Å². The molecule has 1 aliphatic rings. The molecule has 0 bridgehead atoms. The highest BCUT2D eigenvalue weighted by Gasteiger charge is 2.27. The van der Waals surface area contributed by atoms with Crippen molar-refractivity contribution in [2.45, 2.75) is 19.4 Å². The largest absolute Gasteiger partial charge is 0.449 e. The fraction of sp³-hybridized carbons (Fsp3) is 0.500. The maximum absolute atomic E-state index is 12.2. The maximum Gasteiger partial charge on any atom is 0.338 e. The van der Waals surface area contributed by atoms with E-state index in [2.05, 4.69) is 5.32 Å². The van der Waals surface area contributed by atoms with Crippen molar-refractivity contribution in [2.75, 3.05) is 37.4 Å². The summed E-state index contributed by atoms with van der Waals surface area (Å²) in [5.41, 5.74) is 1.62. The van der Waals surface area contributed by atoms with Gasteiger partial charge in [-0.15, -0.1) is 0 Å². The van der Waals surface area contributed by atoms with E-state index in [1.165, 1.54) is 24.4 Å². The Morgan fingerprint density at radius 1 is 1.36 bits per heavy atom. The lowest BCUT2D eigenvalue weighted by molar-refractivity contribution is -0.129. The predicted octanol–water partition coefficient (Wildman–Crippen LogP) is 0.317. The molecule has 0 spiro atoms. The topological polar surface area (TPSA) is 102 Å². The second kappa shape index (κ2) is 7.83. The second-order valence-electron chi connectivity index (χ2n) is 5.76. The average Bonchev–Trinajstić information content (AvgIpc) is 2.98. The van der Waals surface area contributed by atoms with Crippen molar-refractivity contribution in [2.24, 2.45) is 0 Å². The first-order valence-corrected chi connectivity index (χ1v) is 9.67. The number of benzene rings is 1. The molecule has 0 radical (unpaired) electrons. The first-order valence-electron chi connectivity index (χ1n) is 7.82. The van der Waals surface area contributed by atoms with Crippen LogP contribution in [-0.4, -0.2) is 59.5 Å². The number of amides is 1. The molecule has 8 nitrogen and oxygen atoms in total. The van der Waals surface area contributed by atoms with Crippen LogP contribution in [0, 0.1) is 0 Å². The highest BCUT2D eigenvalue weighted by molar-refractivity contribution is 7.92. The molecule has 1 aromatic rings. The number of methoxy groups -OCH3 is 1. The number of sulfonamides is 1. The van der Waals surface area contributed by atoms with Crippen LogP contribution in [-0.2, 0) is 30.7 Å². The van der Waals surface area contributed by atoms with Gasteiger partial charge in [-0.1, -0.05) is 0 Å². The summed E-state index contributed by atoms with van der Waals surface area (Å²) in [6.07, 6.45) is 0.732. The van der Waals surface area contributed by atoms with Crippen molar-refractivity contribution < 1.29 is 27.5 Å². The van der Waals surface area contributed by atoms with Crippen molar-refractivity contribution in [1.29, 1.82) is 0 Å². The van der Waals surface area contributed by atoms with Gasteiger partial charge in [0.25, 0.3) is 5.91 Å². The molecule has 2 rings (SSSR count). The Bertz CT molecular complexity index is 762. The van der Waals surface area contributed by atoms with Crippen molar-refractivity contribution in [3.05, 3.63) is 29.3 Å². The molecular formula is C16H22N2O6S. The van der Waals surface area contributed by atoms with Crippen molar-refractivity contribution in [3.8, 4) is 0 Å². The SMILES string of the molecule is COCCNC(=O)[C@@H](C)OC(=O)c1ccc2c(c1)CCN2S(C)(=O)=O. The van der Waals surface area contributed by atoms with Gasteiger partial charge in [0.15, 0.2) is 6.10 Å². The van der Waals surface area contributed by atoms with Crippen LogP contribution in [0.3, 0.4) is 0 Å². The predicted molar refractivity (Wildman–Crippen MR) is 92.1 cm³/mol. The van der Waals surface area contributed by atoms with Crippen LogP contribution in [0.25, 0.3) is 0 Å². The van der Waals surface area contributed by atoms with E-state index in [9.17, 15) is 18.0 Å². The minimum absolute atomic E-state index is 0.283. The molecule has 9 heteroatoms. The van der Waals surface area contributed by atoms with Gasteiger partial charge in [0.2, 0.25) is 10.0 Å². The molecule has 25 heavy (non-hydrogen) atoms. The first-order chi connectivity index (χ1) is 11.7. The third kappa shape index (κ3) is 4.70. The van der Waals surface area contributed by atoms with Gasteiger partial charge in [-0.2, -0.15) is 0 Å². The molecular weight excluding hydrogens is 348 g/mol. The van der Waals surface area contributed by atoms with Gasteiger partial charge < -0.3 is 14.8 Å². The van der Waals surface area contributed by atoms with Gasteiger partial charge in [-0.25, -0.2) is 13.2 Å². The molecule has 1 atom stereocenters. The van der Waals surface area contributed by atoms with E-state index in [4.69, 9.17) is 9.47 Å². The summed E-state index contributed by atoms with van der Waals surface area (Å²) in [7, 11) is -1.81. The van der Waals surface area contributed by atoms with Crippen molar-refractivity contribution >= 4 is 27.6 Å². The number of anilines is 1. The van der Waals surface area contributed by atoms with E-state index < -0.39 is 28.0 Å². The van der Waals surface area contributed by atoms with Crippen LogP contribution < -0.4 is 9.62 Å². The number of nitrogens with zero attached hydrogens (tertiary/aromatic N) is 1. The minimum Gasteiger partial charge on any atom is -0.449 e. The Balaban J connectivity index is 2.03. The van der Waals surface area contributed by atoms with Gasteiger partial charge in [0.05, 0.1) is 24.1 Å². The number of ether oxygens (including phenoxy) is 2. The molecule has 1 amide bonds. The fourth-order valence-electron chi connectivity index (χ4n) is 2.55. The second-order valence-corrected chi connectivity index (χ2v) is 7.67. The normalized spacial score (nSPS) is 14.8. The Labute approximate surface area is 147 Å². The molecule has 1 N–H and O–H groups in total. The summed E-state index contributed by atoms with van der Waals surface area (Å²) in [6.45, 7) is 2.54. The number of carbonyl (C=O) groups is 2. The average molecular weight is 370 g/mol. The van der Waals surface area contributed by atoms with E-state index in [-0.39, 0.29) is 5.56 Å². The van der Waals surface area contributed by atoms with Crippen LogP contribution in [0.1, 0.15) is 22.8 Å². The fourth-order valence-corrected chi connectivity index (χ4v) is 3.50. The minimum atomic E-state index is -3.34. The summed E-state index contributed by atoms with van der Waals surface area (Å²) in [5.74, 6) is -1.04. The molecule has 0 aliphatic carbocycles. The van der Waals surface area contributed by atoms with Crippen LogP contribution in [0.15, 0.2) is 18.2 Å². The zero-order chi connectivity index (χ0) is 18.6. The van der Waals surface area contributed by atoms with E-state index in [1.807, 2.05) is 0 Å². The summed E-state index contributed by atoms with van der Waals surface area (Å²) >= 11 is 0. The Morgan fingerprint density at radius 2 is 2.08 bits per heavy atom. The summed E-state index contributed by atoms with van der Waals surface area (Å²) in [5, 5.41) is 2.59. The highest BCUT2D eigenvalue weighted by atomic mass is 32.2. The van der Waals surface area contributed by atoms with E-state index in [1.54, 1.807) is 12.1 Å².